The van der Waals surface area contributed by atoms with Crippen LogP contribution in [0.25, 0.3) is 15.2 Å². The highest BCUT2D eigenvalue weighted by Crippen LogP contribution is 2.23. The molecule has 0 unspecified atom stereocenters. The molecule has 0 radical (unpaired) electrons. The van der Waals surface area contributed by atoms with E-state index in [0.29, 0.717) is 5.75 Å². The topological polar surface area (TPSA) is 53.8 Å². The molecule has 0 aliphatic rings. The van der Waals surface area contributed by atoms with E-state index in [1.54, 1.807) is 12.1 Å². The molecule has 108 valence electrons. The van der Waals surface area contributed by atoms with Crippen LogP contribution >= 0.6 is 23.6 Å². The number of hydrogen-bond acceptors (Lipinski definition) is 4. The van der Waals surface area contributed by atoms with Crippen LogP contribution in [-0.4, -0.2) is 11.0 Å². The molecule has 0 aliphatic heterocycles. The summed E-state index contributed by atoms with van der Waals surface area (Å²) in [7, 11) is 0. The monoisotopic (exact) mass is 326 g/mol. The van der Waals surface area contributed by atoms with Gasteiger partial charge in [-0.1, -0.05) is 18.2 Å². The van der Waals surface area contributed by atoms with Crippen LogP contribution in [0, 0.1) is 10.5 Å². The Morgan fingerprint density at radius 1 is 1.27 bits per heavy atom. The SMILES string of the molecule is [C-]#[N+]N=C(Nc1ccc2[nH]c(=S)sc2c1)Oc1ccccc1. The van der Waals surface area contributed by atoms with Crippen molar-refractivity contribution in [3.8, 4) is 5.75 Å². The van der Waals surface area contributed by atoms with Crippen LogP contribution in [0.1, 0.15) is 0 Å². The molecule has 3 aromatic rings. The Hall–Kier alpha value is -2.69. The minimum Gasteiger partial charge on any atom is -0.421 e. The second kappa shape index (κ2) is 6.39. The van der Waals surface area contributed by atoms with Gasteiger partial charge < -0.3 is 15.0 Å². The average molecular weight is 326 g/mol. The van der Waals surface area contributed by atoms with Gasteiger partial charge in [0.25, 0.3) is 0 Å². The average Bonchev–Trinajstić information content (AvgIpc) is 2.88. The Morgan fingerprint density at radius 3 is 2.86 bits per heavy atom. The number of fused-ring (bicyclic) bond motifs is 1. The molecule has 0 fully saturated rings. The van der Waals surface area contributed by atoms with Gasteiger partial charge in [0.15, 0.2) is 3.95 Å². The molecule has 7 heteroatoms. The van der Waals surface area contributed by atoms with Crippen molar-refractivity contribution in [3.63, 3.8) is 0 Å². The van der Waals surface area contributed by atoms with Crippen LogP contribution in [-0.2, 0) is 0 Å². The van der Waals surface area contributed by atoms with Gasteiger partial charge in [0.05, 0.1) is 10.2 Å². The van der Waals surface area contributed by atoms with Gasteiger partial charge in [-0.15, -0.1) is 16.3 Å². The maximum atomic E-state index is 6.90. The van der Waals surface area contributed by atoms with Crippen LogP contribution < -0.4 is 10.1 Å². The van der Waals surface area contributed by atoms with Crippen molar-refractivity contribution in [1.82, 2.24) is 4.98 Å². The zero-order valence-electron chi connectivity index (χ0n) is 11.2. The number of hydrogen-bond donors (Lipinski definition) is 2. The molecule has 0 saturated heterocycles. The molecule has 0 bridgehead atoms. The van der Waals surface area contributed by atoms with E-state index in [4.69, 9.17) is 23.5 Å². The lowest BCUT2D eigenvalue weighted by atomic mass is 10.3. The zero-order chi connectivity index (χ0) is 15.4. The first-order valence-electron chi connectivity index (χ1n) is 6.32. The van der Waals surface area contributed by atoms with E-state index in [0.717, 1.165) is 19.9 Å². The molecule has 22 heavy (non-hydrogen) atoms. The fraction of sp³-hybridized carbons (Fsp3) is 0. The summed E-state index contributed by atoms with van der Waals surface area (Å²) in [6.45, 7) is 6.90. The van der Waals surface area contributed by atoms with Gasteiger partial charge in [-0.3, -0.25) is 0 Å². The summed E-state index contributed by atoms with van der Waals surface area (Å²) in [5.41, 5.74) is 1.75. The zero-order valence-corrected chi connectivity index (χ0v) is 12.9. The first kappa shape index (κ1) is 14.3. The lowest BCUT2D eigenvalue weighted by Crippen LogP contribution is -2.18. The third-order valence-corrected chi connectivity index (χ3v) is 3.97. The predicted octanol–water partition coefficient (Wildman–Crippen LogP) is 4.64. The molecule has 0 spiro atoms. The summed E-state index contributed by atoms with van der Waals surface area (Å²) in [6.07, 6.45) is 0. The van der Waals surface area contributed by atoms with Crippen molar-refractivity contribution in [2.24, 2.45) is 5.10 Å². The molecule has 0 saturated carbocycles. The lowest BCUT2D eigenvalue weighted by molar-refractivity contribution is 0.549. The number of thiazole rings is 1. The maximum absolute atomic E-state index is 6.90. The molecular weight excluding hydrogens is 316 g/mol. The Morgan fingerprint density at radius 2 is 2.09 bits per heavy atom. The molecule has 0 atom stereocenters. The van der Waals surface area contributed by atoms with Crippen LogP contribution in [0.15, 0.2) is 53.6 Å². The Bertz CT molecular complexity index is 922. The minimum absolute atomic E-state index is 0.125. The standard InChI is InChI=1S/C15H10N4OS2/c1-16-19-14(20-11-5-3-2-4-6-11)17-10-7-8-12-13(9-10)22-15(21)18-12/h2-9H,(H,17,19)(H,18,21). The van der Waals surface area contributed by atoms with E-state index in [9.17, 15) is 0 Å². The summed E-state index contributed by atoms with van der Waals surface area (Å²) in [5.74, 6) is 0.607. The van der Waals surface area contributed by atoms with Crippen LogP contribution in [0.3, 0.4) is 0 Å². The number of rotatable bonds is 2. The minimum atomic E-state index is 0.125. The first-order valence-corrected chi connectivity index (χ1v) is 7.54. The van der Waals surface area contributed by atoms with Gasteiger partial charge in [0, 0.05) is 5.69 Å². The Labute approximate surface area is 135 Å². The molecule has 1 aromatic heterocycles. The quantitative estimate of drug-likeness (QED) is 0.237. The summed E-state index contributed by atoms with van der Waals surface area (Å²) in [5, 5.41) is 6.65. The molecule has 0 amide bonds. The van der Waals surface area contributed by atoms with Crippen molar-refractivity contribution in [1.29, 1.82) is 0 Å². The molecule has 5 nitrogen and oxygen atoms in total. The van der Waals surface area contributed by atoms with Crippen LogP contribution in [0.5, 0.6) is 5.75 Å². The molecule has 2 aromatic carbocycles. The third-order valence-electron chi connectivity index (χ3n) is 2.77. The fourth-order valence-electron chi connectivity index (χ4n) is 1.86. The summed E-state index contributed by atoms with van der Waals surface area (Å²) in [6, 6.07) is 15.0. The summed E-state index contributed by atoms with van der Waals surface area (Å²) in [4.78, 5) is 6.12. The highest BCUT2D eigenvalue weighted by molar-refractivity contribution is 7.73. The van der Waals surface area contributed by atoms with Crippen molar-refractivity contribution >= 4 is 45.5 Å². The van der Waals surface area contributed by atoms with Crippen molar-refractivity contribution in [3.05, 3.63) is 64.0 Å². The lowest BCUT2D eigenvalue weighted by Gasteiger charge is -2.07. The smallest absolute Gasteiger partial charge is 0.378 e. The number of para-hydroxylation sites is 1. The van der Waals surface area contributed by atoms with E-state index >= 15 is 0 Å². The number of aromatic amines is 1. The predicted molar refractivity (Wildman–Crippen MR) is 91.7 cm³/mol. The van der Waals surface area contributed by atoms with Crippen molar-refractivity contribution in [2.45, 2.75) is 0 Å². The maximum Gasteiger partial charge on any atom is 0.378 e. The second-order valence-electron chi connectivity index (χ2n) is 4.27. The van der Waals surface area contributed by atoms with Crippen LogP contribution in [0.2, 0.25) is 0 Å². The highest BCUT2D eigenvalue weighted by Gasteiger charge is 2.08. The van der Waals surface area contributed by atoms with Gasteiger partial charge in [-0.25, -0.2) is 0 Å². The largest absolute Gasteiger partial charge is 0.421 e. The number of aromatic nitrogens is 1. The normalized spacial score (nSPS) is 11.1. The highest BCUT2D eigenvalue weighted by atomic mass is 32.1. The number of ether oxygens (including phenoxy) is 1. The Kier molecular flexibility index (Phi) is 4.14. The number of amidine groups is 1. The number of nitrogens with one attached hydrogen (secondary N) is 2. The molecule has 2 N–H and O–H groups in total. The van der Waals surface area contributed by atoms with Crippen molar-refractivity contribution < 1.29 is 4.74 Å². The van der Waals surface area contributed by atoms with E-state index in [-0.39, 0.29) is 6.02 Å². The Balaban J connectivity index is 1.85. The van der Waals surface area contributed by atoms with Crippen molar-refractivity contribution in [2.75, 3.05) is 5.32 Å². The molecule has 0 aliphatic carbocycles. The van der Waals surface area contributed by atoms with Gasteiger partial charge in [0.2, 0.25) is 0 Å². The molecule has 3 rings (SSSR count). The van der Waals surface area contributed by atoms with E-state index in [1.807, 2.05) is 36.4 Å². The van der Waals surface area contributed by atoms with E-state index < -0.39 is 0 Å². The summed E-state index contributed by atoms with van der Waals surface area (Å²) >= 11 is 6.62. The second-order valence-corrected chi connectivity index (χ2v) is 5.99. The number of benzene rings is 2. The molecular formula is C15H10N4OS2. The van der Waals surface area contributed by atoms with Crippen LogP contribution in [0.4, 0.5) is 5.69 Å². The first-order chi connectivity index (χ1) is 10.7. The summed E-state index contributed by atoms with van der Waals surface area (Å²) < 4.78 is 7.33. The fourth-order valence-corrected chi connectivity index (χ4v) is 3.02. The van der Waals surface area contributed by atoms with Gasteiger partial charge in [0.1, 0.15) is 10.9 Å². The van der Waals surface area contributed by atoms with Gasteiger partial charge in [-0.05, 0) is 42.5 Å². The number of nitrogens with zero attached hydrogens (tertiary/aromatic N) is 2. The van der Waals surface area contributed by atoms with Gasteiger partial charge in [-0.2, -0.15) is 6.57 Å². The van der Waals surface area contributed by atoms with E-state index in [2.05, 4.69) is 20.4 Å². The third kappa shape index (κ3) is 3.31. The number of H-pyrrole nitrogens is 1. The van der Waals surface area contributed by atoms with Gasteiger partial charge >= 0.3 is 6.02 Å². The molecule has 1 heterocycles. The number of anilines is 1. The van der Waals surface area contributed by atoms with E-state index in [1.165, 1.54) is 11.3 Å².